The van der Waals surface area contributed by atoms with Crippen LogP contribution in [0.2, 0.25) is 0 Å². The molecule has 0 amide bonds. The quantitative estimate of drug-likeness (QED) is 0.257. The molecule has 0 saturated heterocycles. The second kappa shape index (κ2) is 5.31. The van der Waals surface area contributed by atoms with Crippen molar-refractivity contribution < 1.29 is 50.4 Å². The fraction of sp³-hybridized carbons (Fsp3) is 0.143. The zero-order valence-corrected chi connectivity index (χ0v) is 15.4. The van der Waals surface area contributed by atoms with Crippen molar-refractivity contribution >= 4 is 43.3 Å². The molecule has 0 aliphatic rings. The van der Waals surface area contributed by atoms with Gasteiger partial charge in [0.1, 0.15) is 0 Å². The minimum absolute atomic E-state index is 1.23. The van der Waals surface area contributed by atoms with Gasteiger partial charge >= 0.3 is 130 Å². The first-order chi connectivity index (χ1) is 8.69. The zero-order chi connectivity index (χ0) is 18.8. The monoisotopic (exact) mass is 496 g/mol. The number of rotatable bonds is 0. The predicted octanol–water partition coefficient (Wildman–Crippen LogP) is 7.55. The molecule has 22 heavy (non-hydrogen) atoms. The minimum atomic E-state index is -10.7. The summed E-state index contributed by atoms with van der Waals surface area (Å²) in [5.41, 5.74) is 1.35. The van der Waals surface area contributed by atoms with Crippen LogP contribution < -0.4 is 3.32 Å². The van der Waals surface area contributed by atoms with Crippen molar-refractivity contribution in [2.45, 2.75) is 6.92 Å². The van der Waals surface area contributed by atoms with Gasteiger partial charge < -0.3 is 0 Å². The second-order valence-corrected chi connectivity index (χ2v) is 9.56. The molecule has 0 radical (unpaired) electrons. The van der Waals surface area contributed by atoms with E-state index in [4.69, 9.17) is 0 Å². The number of aryl methyl sites for hydroxylation is 1. The molecule has 0 aliphatic heterocycles. The Labute approximate surface area is 130 Å². The van der Waals surface area contributed by atoms with Crippen LogP contribution >= 0.6 is 15.6 Å². The van der Waals surface area contributed by atoms with Crippen molar-refractivity contribution in [1.29, 1.82) is 0 Å². The maximum atomic E-state index is 9.87. The molecule has 0 fully saturated rings. The van der Waals surface area contributed by atoms with Crippen LogP contribution in [0.25, 0.3) is 0 Å². The summed E-state index contributed by atoms with van der Waals surface area (Å²) >= 11 is 1.23. The second-order valence-electron chi connectivity index (χ2n) is 3.83. The molecular formula is C7H7F12InP2. The molecule has 0 bridgehead atoms. The summed E-state index contributed by atoms with van der Waals surface area (Å²) in [7, 11) is -21.3. The molecule has 1 aromatic rings. The van der Waals surface area contributed by atoms with E-state index in [0.29, 0.717) is 0 Å². The van der Waals surface area contributed by atoms with Gasteiger partial charge in [0.2, 0.25) is 0 Å². The molecule has 1 rings (SSSR count). The van der Waals surface area contributed by atoms with E-state index in [0.717, 1.165) is 0 Å². The van der Waals surface area contributed by atoms with Gasteiger partial charge in [0.25, 0.3) is 0 Å². The number of hydrogen-bond donors (Lipinski definition) is 0. The number of benzene rings is 1. The van der Waals surface area contributed by atoms with Crippen LogP contribution in [0.1, 0.15) is 5.56 Å². The molecule has 1 aromatic carbocycles. The van der Waals surface area contributed by atoms with Crippen LogP contribution in [0.15, 0.2) is 24.3 Å². The molecule has 0 aromatic heterocycles. The third kappa shape index (κ3) is 71.9. The molecule has 0 unspecified atom stereocenters. The van der Waals surface area contributed by atoms with Gasteiger partial charge in [-0.05, 0) is 0 Å². The Morgan fingerprint density at radius 1 is 0.591 bits per heavy atom. The first kappa shape index (κ1) is 24.4. The van der Waals surface area contributed by atoms with Gasteiger partial charge in [0.05, 0.1) is 0 Å². The van der Waals surface area contributed by atoms with Crippen LogP contribution in [-0.4, -0.2) is 24.4 Å². The Morgan fingerprint density at radius 2 is 0.773 bits per heavy atom. The van der Waals surface area contributed by atoms with Crippen LogP contribution in [0, 0.1) is 6.92 Å². The molecule has 0 nitrogen and oxygen atoms in total. The summed E-state index contributed by atoms with van der Waals surface area (Å²) < 4.78 is 120. The summed E-state index contributed by atoms with van der Waals surface area (Å²) in [6.07, 6.45) is 0. The Morgan fingerprint density at radius 3 is 0.909 bits per heavy atom. The Bertz CT molecular complexity index is 421. The molecule has 0 spiro atoms. The molecule has 15 heteroatoms. The van der Waals surface area contributed by atoms with Crippen molar-refractivity contribution in [3.05, 3.63) is 29.8 Å². The van der Waals surface area contributed by atoms with Crippen molar-refractivity contribution in [2.75, 3.05) is 0 Å². The third-order valence-electron chi connectivity index (χ3n) is 1.08. The average Bonchev–Trinajstić information content (AvgIpc) is 1.98. The maximum absolute atomic E-state index is 10.7. The molecule has 0 saturated carbocycles. The zero-order valence-electron chi connectivity index (χ0n) is 10.3. The summed E-state index contributed by atoms with van der Waals surface area (Å²) in [5.74, 6) is 0. The van der Waals surface area contributed by atoms with Crippen LogP contribution in [0.3, 0.4) is 0 Å². The van der Waals surface area contributed by atoms with E-state index < -0.39 is 15.6 Å². The van der Waals surface area contributed by atoms with Gasteiger partial charge in [0.15, 0.2) is 0 Å². The van der Waals surface area contributed by atoms with Gasteiger partial charge in [-0.2, -0.15) is 0 Å². The Hall–Kier alpha value is 0.110. The molecule has 0 heterocycles. The third-order valence-corrected chi connectivity index (χ3v) is 2.18. The van der Waals surface area contributed by atoms with E-state index in [1.807, 2.05) is 0 Å². The van der Waals surface area contributed by atoms with E-state index in [-0.39, 0.29) is 0 Å². The van der Waals surface area contributed by atoms with Crippen molar-refractivity contribution in [3.8, 4) is 0 Å². The van der Waals surface area contributed by atoms with Gasteiger partial charge in [-0.3, -0.25) is 0 Å². The summed E-state index contributed by atoms with van der Waals surface area (Å²) in [5, 5.41) is 0. The SMILES string of the molecule is Cc1cc[c]([In+2])cc1.F[P-](F)(F)(F)(F)F.F[P-](F)(F)(F)(F)F. The Balaban J connectivity index is 0. The van der Waals surface area contributed by atoms with E-state index in [1.165, 1.54) is 33.3 Å². The van der Waals surface area contributed by atoms with Crippen LogP contribution in [0.5, 0.6) is 0 Å². The van der Waals surface area contributed by atoms with Gasteiger partial charge in [-0.15, -0.1) is 0 Å². The topological polar surface area (TPSA) is 0 Å². The van der Waals surface area contributed by atoms with Gasteiger partial charge in [0, 0.05) is 0 Å². The van der Waals surface area contributed by atoms with Crippen LogP contribution in [0.4, 0.5) is 50.4 Å². The summed E-state index contributed by atoms with van der Waals surface area (Å²) in [6, 6.07) is 8.66. The fourth-order valence-corrected chi connectivity index (χ4v) is 1.12. The first-order valence-corrected chi connectivity index (χ1v) is 10.3. The molecule has 0 atom stereocenters. The predicted molar refractivity (Wildman–Crippen MR) is 63.7 cm³/mol. The van der Waals surface area contributed by atoms with Crippen molar-refractivity contribution in [2.24, 2.45) is 0 Å². The summed E-state index contributed by atoms with van der Waals surface area (Å²) in [6.45, 7) is 2.11. The van der Waals surface area contributed by atoms with Crippen molar-refractivity contribution in [1.82, 2.24) is 0 Å². The first-order valence-electron chi connectivity index (χ1n) is 4.64. The molecule has 132 valence electrons. The Kier molecular flexibility index (Phi) is 5.88. The van der Waals surface area contributed by atoms with Gasteiger partial charge in [-0.1, -0.05) is 0 Å². The summed E-state index contributed by atoms with van der Waals surface area (Å²) in [4.78, 5) is 0. The standard InChI is InChI=1S/C7H7.2F6P.In/c1-7-5-3-2-4-6-7;2*1-7(2,3,4,5)6;/h3-6H,1H3;;;/q;2*-1;+2. The molecule has 0 aliphatic carbocycles. The van der Waals surface area contributed by atoms with Crippen molar-refractivity contribution in [3.63, 3.8) is 0 Å². The van der Waals surface area contributed by atoms with E-state index >= 15 is 0 Å². The normalized spacial score (nSPS) is 18.1. The number of hydrogen-bond acceptors (Lipinski definition) is 0. The van der Waals surface area contributed by atoms with Crippen LogP contribution in [-0.2, 0) is 0 Å². The van der Waals surface area contributed by atoms with E-state index in [2.05, 4.69) is 31.2 Å². The van der Waals surface area contributed by atoms with E-state index in [1.54, 1.807) is 0 Å². The van der Waals surface area contributed by atoms with E-state index in [9.17, 15) is 50.4 Å². The number of halogens is 12. The average molecular weight is 496 g/mol. The molecule has 0 N–H and O–H groups in total. The molecular weight excluding hydrogens is 489 g/mol. The fourth-order valence-electron chi connectivity index (χ4n) is 0.566. The van der Waals surface area contributed by atoms with Gasteiger partial charge in [-0.25, -0.2) is 0 Å².